The number of hydrogen-bond acceptors (Lipinski definition) is 3. The molecule has 1 N–H and O–H groups in total. The molecule has 0 aliphatic carbocycles. The third kappa shape index (κ3) is 5.69. The van der Waals surface area contributed by atoms with Crippen LogP contribution >= 0.6 is 23.2 Å². The molecule has 0 aliphatic rings. The zero-order valence-corrected chi connectivity index (χ0v) is 18.9. The van der Waals surface area contributed by atoms with Crippen LogP contribution in [0.2, 0.25) is 10.0 Å². The number of halogens is 2. The number of benzene rings is 3. The lowest BCUT2D eigenvalue weighted by Gasteiger charge is -2.09. The van der Waals surface area contributed by atoms with Crippen LogP contribution in [0.3, 0.4) is 0 Å². The van der Waals surface area contributed by atoms with Crippen molar-refractivity contribution in [2.45, 2.75) is 20.1 Å². The van der Waals surface area contributed by atoms with Crippen LogP contribution in [0.4, 0.5) is 5.69 Å². The molecule has 0 unspecified atom stereocenters. The second-order valence-corrected chi connectivity index (χ2v) is 8.27. The van der Waals surface area contributed by atoms with E-state index in [4.69, 9.17) is 27.9 Å². The molecular weight excluding hydrogens is 445 g/mol. The number of nitrogens with zero attached hydrogens (tertiary/aromatic N) is 2. The van der Waals surface area contributed by atoms with Crippen molar-refractivity contribution in [1.29, 1.82) is 0 Å². The van der Waals surface area contributed by atoms with Gasteiger partial charge in [-0.15, -0.1) is 0 Å². The summed E-state index contributed by atoms with van der Waals surface area (Å²) in [6.45, 7) is 2.96. The minimum absolute atomic E-state index is 0.216. The maximum absolute atomic E-state index is 12.7. The maximum Gasteiger partial charge on any atom is 0.255 e. The second kappa shape index (κ2) is 9.90. The van der Waals surface area contributed by atoms with E-state index in [-0.39, 0.29) is 12.5 Å². The van der Waals surface area contributed by atoms with Gasteiger partial charge in [0.25, 0.3) is 5.91 Å². The van der Waals surface area contributed by atoms with Gasteiger partial charge in [0.05, 0.1) is 23.5 Å². The van der Waals surface area contributed by atoms with Crippen LogP contribution in [-0.4, -0.2) is 15.7 Å². The zero-order chi connectivity index (χ0) is 22.5. The smallest absolute Gasteiger partial charge is 0.255 e. The number of hydrogen-bond donors (Lipinski definition) is 1. The summed E-state index contributed by atoms with van der Waals surface area (Å²) in [5.41, 5.74) is 4.37. The average Bonchev–Trinajstić information content (AvgIpc) is 3.21. The fourth-order valence-corrected chi connectivity index (χ4v) is 3.62. The molecule has 0 saturated carbocycles. The van der Waals surface area contributed by atoms with Gasteiger partial charge >= 0.3 is 0 Å². The van der Waals surface area contributed by atoms with Gasteiger partial charge in [-0.3, -0.25) is 9.48 Å². The number of carbonyl (C=O) groups excluding carboxylic acids is 1. The van der Waals surface area contributed by atoms with Gasteiger partial charge in [0.1, 0.15) is 12.4 Å². The molecule has 0 spiro atoms. The highest BCUT2D eigenvalue weighted by Crippen LogP contribution is 2.28. The standard InChI is InChI=1S/C25H21Cl2N3O2/c1-17-5-7-18(8-6-17)14-30-15-22(13-28-30)29-25(31)20-4-2-3-19(11-20)16-32-24-10-9-21(26)12-23(24)27/h2-13,15H,14,16H2,1H3,(H,29,31). The highest BCUT2D eigenvalue weighted by molar-refractivity contribution is 6.35. The molecule has 0 aliphatic heterocycles. The molecule has 0 bridgehead atoms. The predicted octanol–water partition coefficient (Wildman–Crippen LogP) is 6.38. The lowest BCUT2D eigenvalue weighted by Crippen LogP contribution is -2.12. The third-order valence-corrected chi connectivity index (χ3v) is 5.36. The fraction of sp³-hybridized carbons (Fsp3) is 0.120. The summed E-state index contributed by atoms with van der Waals surface area (Å²) in [5.74, 6) is 0.318. The number of anilines is 1. The van der Waals surface area contributed by atoms with Gasteiger partial charge < -0.3 is 10.1 Å². The van der Waals surface area contributed by atoms with Crippen LogP contribution in [0, 0.1) is 6.92 Å². The Morgan fingerprint density at radius 3 is 2.62 bits per heavy atom. The number of aromatic nitrogens is 2. The highest BCUT2D eigenvalue weighted by atomic mass is 35.5. The van der Waals surface area contributed by atoms with E-state index in [9.17, 15) is 4.79 Å². The monoisotopic (exact) mass is 465 g/mol. The van der Waals surface area contributed by atoms with Crippen LogP contribution in [0.5, 0.6) is 5.75 Å². The summed E-state index contributed by atoms with van der Waals surface area (Å²) in [5, 5.41) is 8.21. The van der Waals surface area contributed by atoms with E-state index in [2.05, 4.69) is 41.6 Å². The molecule has 0 radical (unpaired) electrons. The van der Waals surface area contributed by atoms with E-state index in [1.54, 1.807) is 41.2 Å². The van der Waals surface area contributed by atoms with Gasteiger partial charge in [-0.25, -0.2) is 0 Å². The van der Waals surface area contributed by atoms with Crippen molar-refractivity contribution in [2.24, 2.45) is 0 Å². The number of rotatable bonds is 7. The largest absolute Gasteiger partial charge is 0.487 e. The van der Waals surface area contributed by atoms with Gasteiger partial charge in [-0.2, -0.15) is 5.10 Å². The molecule has 1 amide bonds. The van der Waals surface area contributed by atoms with Crippen LogP contribution < -0.4 is 10.1 Å². The van der Waals surface area contributed by atoms with Crippen LogP contribution in [0.25, 0.3) is 0 Å². The Hall–Kier alpha value is -3.28. The summed E-state index contributed by atoms with van der Waals surface area (Å²) in [6, 6.07) is 20.6. The topological polar surface area (TPSA) is 56.2 Å². The normalized spacial score (nSPS) is 10.7. The fourth-order valence-electron chi connectivity index (χ4n) is 3.15. The Kier molecular flexibility index (Phi) is 6.78. The molecule has 32 heavy (non-hydrogen) atoms. The first kappa shape index (κ1) is 21.9. The Morgan fingerprint density at radius 2 is 1.84 bits per heavy atom. The Labute approximate surface area is 196 Å². The predicted molar refractivity (Wildman–Crippen MR) is 128 cm³/mol. The zero-order valence-electron chi connectivity index (χ0n) is 17.4. The quantitative estimate of drug-likeness (QED) is 0.344. The van der Waals surface area contributed by atoms with E-state index in [1.807, 2.05) is 18.3 Å². The molecule has 4 aromatic rings. The molecule has 1 aromatic heterocycles. The Balaban J connectivity index is 1.37. The van der Waals surface area contributed by atoms with Gasteiger partial charge in [0.15, 0.2) is 0 Å². The van der Waals surface area contributed by atoms with E-state index < -0.39 is 0 Å². The summed E-state index contributed by atoms with van der Waals surface area (Å²) in [6.07, 6.45) is 3.45. The number of amides is 1. The van der Waals surface area contributed by atoms with Gasteiger partial charge in [-0.1, -0.05) is 65.2 Å². The molecular formula is C25H21Cl2N3O2. The molecule has 5 nitrogen and oxygen atoms in total. The van der Waals surface area contributed by atoms with E-state index in [1.165, 1.54) is 5.56 Å². The highest BCUT2D eigenvalue weighted by Gasteiger charge is 2.10. The SMILES string of the molecule is Cc1ccc(Cn2cc(NC(=O)c3cccc(COc4ccc(Cl)cc4Cl)c3)cn2)cc1. The van der Waals surface area contributed by atoms with Crippen molar-refractivity contribution >= 4 is 34.8 Å². The van der Waals surface area contributed by atoms with Crippen LogP contribution in [-0.2, 0) is 13.2 Å². The van der Waals surface area contributed by atoms with E-state index in [0.29, 0.717) is 33.6 Å². The minimum Gasteiger partial charge on any atom is -0.487 e. The lowest BCUT2D eigenvalue weighted by atomic mass is 10.1. The first-order valence-electron chi connectivity index (χ1n) is 10.0. The van der Waals surface area contributed by atoms with Crippen molar-refractivity contribution < 1.29 is 9.53 Å². The molecule has 0 fully saturated rings. The summed E-state index contributed by atoms with van der Waals surface area (Å²) >= 11 is 12.1. The van der Waals surface area contributed by atoms with Gasteiger partial charge in [-0.05, 0) is 48.4 Å². The Morgan fingerprint density at radius 1 is 1.03 bits per heavy atom. The first-order chi connectivity index (χ1) is 15.5. The molecule has 3 aromatic carbocycles. The van der Waals surface area contributed by atoms with Crippen molar-refractivity contribution in [2.75, 3.05) is 5.32 Å². The first-order valence-corrected chi connectivity index (χ1v) is 10.8. The number of nitrogens with one attached hydrogen (secondary N) is 1. The molecule has 1 heterocycles. The third-order valence-electron chi connectivity index (χ3n) is 4.83. The lowest BCUT2D eigenvalue weighted by molar-refractivity contribution is 0.102. The molecule has 162 valence electrons. The van der Waals surface area contributed by atoms with Gasteiger partial charge in [0, 0.05) is 16.8 Å². The molecule has 4 rings (SSSR count). The van der Waals surface area contributed by atoms with Crippen LogP contribution in [0.1, 0.15) is 27.0 Å². The van der Waals surface area contributed by atoms with Gasteiger partial charge in [0.2, 0.25) is 0 Å². The summed E-state index contributed by atoms with van der Waals surface area (Å²) < 4.78 is 7.55. The van der Waals surface area contributed by atoms with Crippen molar-refractivity contribution in [3.05, 3.63) is 111 Å². The second-order valence-electron chi connectivity index (χ2n) is 7.43. The molecule has 0 atom stereocenters. The van der Waals surface area contributed by atoms with Crippen molar-refractivity contribution in [1.82, 2.24) is 9.78 Å². The minimum atomic E-state index is -0.216. The number of carbonyl (C=O) groups is 1. The van der Waals surface area contributed by atoms with Crippen molar-refractivity contribution in [3.63, 3.8) is 0 Å². The molecule has 0 saturated heterocycles. The Bertz CT molecular complexity index is 1240. The van der Waals surface area contributed by atoms with E-state index >= 15 is 0 Å². The number of aryl methyl sites for hydroxylation is 1. The summed E-state index contributed by atoms with van der Waals surface area (Å²) in [4.78, 5) is 12.7. The maximum atomic E-state index is 12.7. The average molecular weight is 466 g/mol. The number of ether oxygens (including phenoxy) is 1. The van der Waals surface area contributed by atoms with Crippen molar-refractivity contribution in [3.8, 4) is 5.75 Å². The summed E-state index contributed by atoms with van der Waals surface area (Å²) in [7, 11) is 0. The molecule has 7 heteroatoms. The van der Waals surface area contributed by atoms with E-state index in [0.717, 1.165) is 11.1 Å². The van der Waals surface area contributed by atoms with Crippen LogP contribution in [0.15, 0.2) is 79.1 Å².